The third kappa shape index (κ3) is 6.94. The second-order valence-electron chi connectivity index (χ2n) is 7.06. The maximum Gasteiger partial charge on any atom is 0.330 e. The van der Waals surface area contributed by atoms with Gasteiger partial charge in [0, 0.05) is 17.2 Å². The predicted molar refractivity (Wildman–Crippen MR) is 117 cm³/mol. The van der Waals surface area contributed by atoms with Crippen molar-refractivity contribution >= 4 is 23.4 Å². The highest BCUT2D eigenvalue weighted by molar-refractivity contribution is 6.28. The number of hydrogen-bond donors (Lipinski definition) is 5. The van der Waals surface area contributed by atoms with E-state index in [9.17, 15) is 30.0 Å². The molecule has 0 radical (unpaired) electrons. The number of rotatable bonds is 11. The summed E-state index contributed by atoms with van der Waals surface area (Å²) in [5.74, 6) is -1.03. The van der Waals surface area contributed by atoms with E-state index in [0.29, 0.717) is 16.7 Å². The lowest BCUT2D eigenvalue weighted by molar-refractivity contribution is -0.151. The Morgan fingerprint density at radius 2 is 1.47 bits per heavy atom. The summed E-state index contributed by atoms with van der Waals surface area (Å²) >= 11 is 0. The highest BCUT2D eigenvalue weighted by Gasteiger charge is 2.30. The van der Waals surface area contributed by atoms with Crippen LogP contribution in [0.1, 0.15) is 21.5 Å². The summed E-state index contributed by atoms with van der Waals surface area (Å²) in [4.78, 5) is 24.4. The number of ether oxygens (including phenoxy) is 1. The van der Waals surface area contributed by atoms with Gasteiger partial charge in [0.05, 0.1) is 6.61 Å². The number of allylic oxidation sites excluding steroid dienone is 1. The second-order valence-corrected chi connectivity index (χ2v) is 7.06. The van der Waals surface area contributed by atoms with Crippen LogP contribution in [0.25, 0.3) is 11.6 Å². The number of Topliss-reactive ketones (excluding diaryl/α,β-unsaturated/α-hetero) is 1. The van der Waals surface area contributed by atoms with Gasteiger partial charge >= 0.3 is 5.97 Å². The molecule has 0 aliphatic rings. The van der Waals surface area contributed by atoms with Crippen molar-refractivity contribution in [2.24, 2.45) is 0 Å². The van der Waals surface area contributed by atoms with Crippen LogP contribution < -0.4 is 0 Å². The lowest BCUT2D eigenvalue weighted by Gasteiger charge is -2.25. The molecule has 0 saturated carbocycles. The molecule has 0 heterocycles. The molecule has 4 atom stereocenters. The van der Waals surface area contributed by atoms with Crippen molar-refractivity contribution in [3.8, 4) is 0 Å². The standard InChI is InChI=1S/C24H26O8/c1-15(17-5-3-2-4-6-17)22(29)18-10-7-16(8-11-18)9-12-21(28)32-14-20(27)24(31)23(30)19(26)13-25/h2-12,19-20,23-27,30-31H,1,13-14H2/b12-9+/t19-,20+,23-,24-/m1/s1. The van der Waals surface area contributed by atoms with Crippen molar-refractivity contribution in [3.63, 3.8) is 0 Å². The van der Waals surface area contributed by atoms with Crippen LogP contribution in [0.5, 0.6) is 0 Å². The molecule has 0 aromatic heterocycles. The van der Waals surface area contributed by atoms with E-state index < -0.39 is 43.6 Å². The van der Waals surface area contributed by atoms with E-state index in [4.69, 9.17) is 9.84 Å². The second kappa shape index (κ2) is 12.0. The Balaban J connectivity index is 1.89. The smallest absolute Gasteiger partial charge is 0.330 e. The van der Waals surface area contributed by atoms with Gasteiger partial charge in [0.15, 0.2) is 5.78 Å². The topological polar surface area (TPSA) is 145 Å². The molecule has 2 aromatic rings. The molecule has 0 fully saturated rings. The Hall–Kier alpha value is -3.14. The van der Waals surface area contributed by atoms with Crippen molar-refractivity contribution in [3.05, 3.63) is 83.9 Å². The molecule has 0 unspecified atom stereocenters. The summed E-state index contributed by atoms with van der Waals surface area (Å²) in [6.45, 7) is 2.41. The van der Waals surface area contributed by atoms with E-state index in [1.165, 1.54) is 6.08 Å². The van der Waals surface area contributed by atoms with E-state index in [2.05, 4.69) is 6.58 Å². The van der Waals surface area contributed by atoms with Crippen LogP contribution in [0.4, 0.5) is 0 Å². The number of aliphatic hydroxyl groups excluding tert-OH is 5. The first-order valence-electron chi connectivity index (χ1n) is 9.81. The van der Waals surface area contributed by atoms with Crippen molar-refractivity contribution in [2.75, 3.05) is 13.2 Å². The summed E-state index contributed by atoms with van der Waals surface area (Å²) in [5.41, 5.74) is 2.16. The fraction of sp³-hybridized carbons (Fsp3) is 0.250. The van der Waals surface area contributed by atoms with Crippen molar-refractivity contribution < 1.29 is 39.9 Å². The maximum atomic E-state index is 12.6. The normalized spacial score (nSPS) is 15.0. The Kier molecular flexibility index (Phi) is 9.45. The van der Waals surface area contributed by atoms with Gasteiger partial charge in [0.25, 0.3) is 0 Å². The summed E-state index contributed by atoms with van der Waals surface area (Å²) < 4.78 is 4.80. The zero-order valence-electron chi connectivity index (χ0n) is 17.2. The van der Waals surface area contributed by atoms with Crippen molar-refractivity contribution in [1.82, 2.24) is 0 Å². The average Bonchev–Trinajstić information content (AvgIpc) is 2.84. The highest BCUT2D eigenvalue weighted by atomic mass is 16.5. The van der Waals surface area contributed by atoms with Gasteiger partial charge in [-0.2, -0.15) is 0 Å². The molecule has 0 saturated heterocycles. The Labute approximate surface area is 185 Å². The number of benzene rings is 2. The van der Waals surface area contributed by atoms with E-state index in [0.717, 1.165) is 11.6 Å². The van der Waals surface area contributed by atoms with E-state index >= 15 is 0 Å². The Morgan fingerprint density at radius 1 is 0.875 bits per heavy atom. The van der Waals surface area contributed by atoms with Gasteiger partial charge in [0.2, 0.25) is 0 Å². The monoisotopic (exact) mass is 442 g/mol. The fourth-order valence-electron chi connectivity index (χ4n) is 2.73. The van der Waals surface area contributed by atoms with E-state index in [-0.39, 0.29) is 5.78 Å². The number of carbonyl (C=O) groups is 2. The zero-order chi connectivity index (χ0) is 23.7. The molecule has 0 aliphatic heterocycles. The Morgan fingerprint density at radius 3 is 2.06 bits per heavy atom. The minimum Gasteiger partial charge on any atom is -0.460 e. The van der Waals surface area contributed by atoms with Gasteiger partial charge in [-0.25, -0.2) is 4.79 Å². The quantitative estimate of drug-likeness (QED) is 0.193. The van der Waals surface area contributed by atoms with Crippen LogP contribution in [0.2, 0.25) is 0 Å². The van der Waals surface area contributed by atoms with E-state index in [1.54, 1.807) is 36.4 Å². The summed E-state index contributed by atoms with van der Waals surface area (Å²) in [6, 6.07) is 15.6. The van der Waals surface area contributed by atoms with Gasteiger partial charge in [-0.15, -0.1) is 0 Å². The lowest BCUT2D eigenvalue weighted by atomic mass is 9.97. The number of ketones is 1. The molecule has 0 spiro atoms. The summed E-state index contributed by atoms with van der Waals surface area (Å²) in [6.07, 6.45) is -4.39. The minimum atomic E-state index is -1.82. The maximum absolute atomic E-state index is 12.6. The first-order valence-corrected chi connectivity index (χ1v) is 9.81. The van der Waals surface area contributed by atoms with Gasteiger partial charge < -0.3 is 30.3 Å². The van der Waals surface area contributed by atoms with Gasteiger partial charge in [-0.05, 0) is 17.2 Å². The minimum absolute atomic E-state index is 0.216. The fourth-order valence-corrected chi connectivity index (χ4v) is 2.73. The van der Waals surface area contributed by atoms with Crippen LogP contribution in [-0.2, 0) is 9.53 Å². The summed E-state index contributed by atoms with van der Waals surface area (Å²) in [7, 11) is 0. The van der Waals surface area contributed by atoms with Crippen molar-refractivity contribution in [1.29, 1.82) is 0 Å². The van der Waals surface area contributed by atoms with Crippen LogP contribution in [0.3, 0.4) is 0 Å². The Bertz CT molecular complexity index is 936. The highest BCUT2D eigenvalue weighted by Crippen LogP contribution is 2.18. The van der Waals surface area contributed by atoms with Crippen molar-refractivity contribution in [2.45, 2.75) is 24.4 Å². The first kappa shape index (κ1) is 25.1. The molecule has 2 aromatic carbocycles. The molecule has 32 heavy (non-hydrogen) atoms. The largest absolute Gasteiger partial charge is 0.460 e. The number of esters is 1. The molecule has 8 nitrogen and oxygen atoms in total. The number of aliphatic hydroxyl groups is 5. The van der Waals surface area contributed by atoms with Crippen LogP contribution in [0.15, 0.2) is 67.3 Å². The average molecular weight is 442 g/mol. The molecule has 0 aliphatic carbocycles. The van der Waals surface area contributed by atoms with Crippen LogP contribution in [0, 0.1) is 0 Å². The third-order valence-corrected chi connectivity index (χ3v) is 4.70. The first-order chi connectivity index (χ1) is 15.2. The lowest BCUT2D eigenvalue weighted by Crippen LogP contribution is -2.47. The third-order valence-electron chi connectivity index (χ3n) is 4.70. The van der Waals surface area contributed by atoms with Gasteiger partial charge in [-0.1, -0.05) is 61.2 Å². The number of hydrogen-bond acceptors (Lipinski definition) is 8. The predicted octanol–water partition coefficient (Wildman–Crippen LogP) is 0.575. The molecule has 170 valence electrons. The number of carbonyl (C=O) groups excluding carboxylic acids is 2. The van der Waals surface area contributed by atoms with Gasteiger partial charge in [-0.3, -0.25) is 4.79 Å². The molecular formula is C24H26O8. The molecule has 8 heteroatoms. The van der Waals surface area contributed by atoms with E-state index in [1.807, 2.05) is 18.2 Å². The zero-order valence-corrected chi connectivity index (χ0v) is 17.2. The molecular weight excluding hydrogens is 416 g/mol. The summed E-state index contributed by atoms with van der Waals surface area (Å²) in [5, 5.41) is 46.9. The molecule has 5 N–H and O–H groups in total. The molecule has 2 rings (SSSR count). The molecule has 0 amide bonds. The molecule has 0 bridgehead atoms. The van der Waals surface area contributed by atoms with Gasteiger partial charge in [0.1, 0.15) is 31.0 Å². The van der Waals surface area contributed by atoms with Crippen LogP contribution in [-0.4, -0.2) is 74.9 Å². The van der Waals surface area contributed by atoms with Crippen LogP contribution >= 0.6 is 0 Å². The SMILES string of the molecule is C=C(C(=O)c1ccc(/C=C/C(=O)OC[C@H](O)[C@@H](O)[C@H](O)[C@H](O)CO)cc1)c1ccccc1.